The molecule has 0 aliphatic carbocycles. The van der Waals surface area contributed by atoms with Crippen LogP contribution in [0.4, 0.5) is 0 Å². The van der Waals surface area contributed by atoms with Crippen molar-refractivity contribution in [3.05, 3.63) is 32.7 Å². The lowest BCUT2D eigenvalue weighted by molar-refractivity contribution is 0.625. The molecule has 0 saturated heterocycles. The predicted molar refractivity (Wildman–Crippen MR) is 56.8 cm³/mol. The third-order valence-corrected chi connectivity index (χ3v) is 2.27. The highest BCUT2D eigenvalue weighted by Gasteiger charge is 2.00. The summed E-state index contributed by atoms with van der Waals surface area (Å²) in [5.41, 5.74) is 6.20. The highest BCUT2D eigenvalue weighted by atomic mass is 79.9. The molecule has 0 radical (unpaired) electrons. The standard InChI is InChI=1S/C9H13BrN2O/c1-7-5-8(10)6-12(9(7)13)4-2-3-11/h5-6H,2-4,11H2,1H3. The summed E-state index contributed by atoms with van der Waals surface area (Å²) in [6, 6.07) is 1.82. The van der Waals surface area contributed by atoms with Crippen LogP contribution in [0.15, 0.2) is 21.5 Å². The summed E-state index contributed by atoms with van der Waals surface area (Å²) < 4.78 is 2.62. The second-order valence-corrected chi connectivity index (χ2v) is 3.90. The average molecular weight is 245 g/mol. The molecule has 0 aliphatic heterocycles. The number of nitrogens with zero attached hydrogens (tertiary/aromatic N) is 1. The van der Waals surface area contributed by atoms with Crippen molar-refractivity contribution in [1.29, 1.82) is 0 Å². The molecule has 3 nitrogen and oxygen atoms in total. The monoisotopic (exact) mass is 244 g/mol. The zero-order valence-electron chi connectivity index (χ0n) is 7.59. The number of rotatable bonds is 3. The number of hydrogen-bond donors (Lipinski definition) is 1. The quantitative estimate of drug-likeness (QED) is 0.871. The molecule has 72 valence electrons. The third kappa shape index (κ3) is 2.67. The topological polar surface area (TPSA) is 48.0 Å². The van der Waals surface area contributed by atoms with Gasteiger partial charge in [-0.25, -0.2) is 0 Å². The molecule has 0 spiro atoms. The van der Waals surface area contributed by atoms with Crippen LogP contribution in [-0.4, -0.2) is 11.1 Å². The smallest absolute Gasteiger partial charge is 0.253 e. The van der Waals surface area contributed by atoms with Gasteiger partial charge >= 0.3 is 0 Å². The fraction of sp³-hybridized carbons (Fsp3) is 0.444. The molecular weight excluding hydrogens is 232 g/mol. The van der Waals surface area contributed by atoms with Gasteiger partial charge in [0.2, 0.25) is 0 Å². The van der Waals surface area contributed by atoms with Crippen molar-refractivity contribution in [2.45, 2.75) is 19.9 Å². The molecular formula is C9H13BrN2O. The number of aryl methyl sites for hydroxylation is 2. The van der Waals surface area contributed by atoms with Crippen LogP contribution in [0.1, 0.15) is 12.0 Å². The molecule has 0 atom stereocenters. The Kier molecular flexibility index (Phi) is 3.69. The van der Waals surface area contributed by atoms with Crippen LogP contribution in [0.3, 0.4) is 0 Å². The summed E-state index contributed by atoms with van der Waals surface area (Å²) in [5, 5.41) is 0. The molecule has 0 saturated carbocycles. The second-order valence-electron chi connectivity index (χ2n) is 2.98. The third-order valence-electron chi connectivity index (χ3n) is 1.83. The summed E-state index contributed by atoms with van der Waals surface area (Å²) in [7, 11) is 0. The maximum Gasteiger partial charge on any atom is 0.253 e. The molecule has 2 N–H and O–H groups in total. The van der Waals surface area contributed by atoms with Crippen LogP contribution in [0, 0.1) is 6.92 Å². The summed E-state index contributed by atoms with van der Waals surface area (Å²) >= 11 is 3.35. The molecule has 0 amide bonds. The van der Waals surface area contributed by atoms with E-state index >= 15 is 0 Å². The zero-order chi connectivity index (χ0) is 9.84. The Morgan fingerprint density at radius 1 is 1.62 bits per heavy atom. The second kappa shape index (κ2) is 4.58. The first kappa shape index (κ1) is 10.5. The minimum Gasteiger partial charge on any atom is -0.330 e. The van der Waals surface area contributed by atoms with E-state index in [-0.39, 0.29) is 5.56 Å². The maximum absolute atomic E-state index is 11.5. The molecule has 0 fully saturated rings. The van der Waals surface area contributed by atoms with Gasteiger partial charge in [0, 0.05) is 22.8 Å². The van der Waals surface area contributed by atoms with Crippen molar-refractivity contribution in [3.8, 4) is 0 Å². The van der Waals surface area contributed by atoms with Gasteiger partial charge in [-0.2, -0.15) is 0 Å². The Balaban J connectivity index is 2.99. The van der Waals surface area contributed by atoms with Gasteiger partial charge in [-0.3, -0.25) is 4.79 Å². The Bertz CT molecular complexity index is 346. The van der Waals surface area contributed by atoms with E-state index in [2.05, 4.69) is 15.9 Å². The minimum absolute atomic E-state index is 0.0663. The van der Waals surface area contributed by atoms with Crippen molar-refractivity contribution in [1.82, 2.24) is 4.57 Å². The van der Waals surface area contributed by atoms with E-state index in [1.165, 1.54) is 0 Å². The zero-order valence-corrected chi connectivity index (χ0v) is 9.17. The van der Waals surface area contributed by atoms with E-state index in [0.29, 0.717) is 13.1 Å². The molecule has 1 rings (SSSR count). The lowest BCUT2D eigenvalue weighted by atomic mass is 10.3. The molecule has 1 aromatic rings. The minimum atomic E-state index is 0.0663. The summed E-state index contributed by atoms with van der Waals surface area (Å²) in [6.45, 7) is 3.11. The molecule has 0 aromatic carbocycles. The van der Waals surface area contributed by atoms with Crippen LogP contribution in [-0.2, 0) is 6.54 Å². The molecule has 1 aromatic heterocycles. The van der Waals surface area contributed by atoms with Gasteiger partial charge in [-0.15, -0.1) is 0 Å². The summed E-state index contributed by atoms with van der Waals surface area (Å²) in [6.07, 6.45) is 2.63. The molecule has 13 heavy (non-hydrogen) atoms. The Morgan fingerprint density at radius 2 is 2.31 bits per heavy atom. The van der Waals surface area contributed by atoms with Gasteiger partial charge < -0.3 is 10.3 Å². The van der Waals surface area contributed by atoms with Crippen LogP contribution in [0.25, 0.3) is 0 Å². The van der Waals surface area contributed by atoms with E-state index in [1.54, 1.807) is 10.8 Å². The van der Waals surface area contributed by atoms with E-state index in [9.17, 15) is 4.79 Å². The molecule has 0 aliphatic rings. The summed E-state index contributed by atoms with van der Waals surface area (Å²) in [5.74, 6) is 0. The highest BCUT2D eigenvalue weighted by Crippen LogP contribution is 2.07. The van der Waals surface area contributed by atoms with Gasteiger partial charge in [0.25, 0.3) is 5.56 Å². The first-order valence-electron chi connectivity index (χ1n) is 4.22. The van der Waals surface area contributed by atoms with Crippen molar-refractivity contribution in [2.75, 3.05) is 6.54 Å². The highest BCUT2D eigenvalue weighted by molar-refractivity contribution is 9.10. The number of hydrogen-bond acceptors (Lipinski definition) is 2. The van der Waals surface area contributed by atoms with Crippen molar-refractivity contribution >= 4 is 15.9 Å². The Labute approximate surface area is 85.7 Å². The first-order valence-corrected chi connectivity index (χ1v) is 5.01. The molecule has 1 heterocycles. The van der Waals surface area contributed by atoms with Crippen molar-refractivity contribution in [2.24, 2.45) is 5.73 Å². The number of halogens is 1. The Hall–Kier alpha value is -0.610. The SMILES string of the molecule is Cc1cc(Br)cn(CCCN)c1=O. The van der Waals surface area contributed by atoms with Crippen LogP contribution < -0.4 is 11.3 Å². The fourth-order valence-electron chi connectivity index (χ4n) is 1.17. The van der Waals surface area contributed by atoms with E-state index in [4.69, 9.17) is 5.73 Å². The maximum atomic E-state index is 11.5. The largest absolute Gasteiger partial charge is 0.330 e. The molecule has 0 unspecified atom stereocenters. The van der Waals surface area contributed by atoms with E-state index < -0.39 is 0 Å². The van der Waals surface area contributed by atoms with Crippen LogP contribution in [0.2, 0.25) is 0 Å². The van der Waals surface area contributed by atoms with E-state index in [1.807, 2.05) is 13.0 Å². The summed E-state index contributed by atoms with van der Waals surface area (Å²) in [4.78, 5) is 11.5. The molecule has 4 heteroatoms. The number of nitrogens with two attached hydrogens (primary N) is 1. The predicted octanol–water partition coefficient (Wildman–Crippen LogP) is 1.27. The number of pyridine rings is 1. The van der Waals surface area contributed by atoms with Gasteiger partial charge in [0.15, 0.2) is 0 Å². The van der Waals surface area contributed by atoms with Crippen LogP contribution >= 0.6 is 15.9 Å². The van der Waals surface area contributed by atoms with E-state index in [0.717, 1.165) is 16.5 Å². The fourth-order valence-corrected chi connectivity index (χ4v) is 1.76. The number of aromatic nitrogens is 1. The van der Waals surface area contributed by atoms with Crippen molar-refractivity contribution in [3.63, 3.8) is 0 Å². The first-order chi connectivity index (χ1) is 6.15. The van der Waals surface area contributed by atoms with Gasteiger partial charge in [-0.05, 0) is 41.9 Å². The Morgan fingerprint density at radius 3 is 2.92 bits per heavy atom. The lowest BCUT2D eigenvalue weighted by Crippen LogP contribution is -2.22. The van der Waals surface area contributed by atoms with Crippen LogP contribution in [0.5, 0.6) is 0 Å². The van der Waals surface area contributed by atoms with Gasteiger partial charge in [0.1, 0.15) is 0 Å². The van der Waals surface area contributed by atoms with Crippen molar-refractivity contribution < 1.29 is 0 Å². The average Bonchev–Trinajstić information content (AvgIpc) is 2.09. The molecule has 0 bridgehead atoms. The lowest BCUT2D eigenvalue weighted by Gasteiger charge is -2.06. The normalized spacial score (nSPS) is 10.4. The van der Waals surface area contributed by atoms with Gasteiger partial charge in [0.05, 0.1) is 0 Å². The van der Waals surface area contributed by atoms with Gasteiger partial charge in [-0.1, -0.05) is 0 Å².